The Labute approximate surface area is 129 Å². The van der Waals surface area contributed by atoms with E-state index in [-0.39, 0.29) is 5.75 Å². The molecule has 0 bridgehead atoms. The normalized spacial score (nSPS) is 11.5. The molecule has 2 aromatic carbocycles. The van der Waals surface area contributed by atoms with Gasteiger partial charge < -0.3 is 10.2 Å². The molecule has 0 aliphatic rings. The van der Waals surface area contributed by atoms with E-state index in [1.54, 1.807) is 6.07 Å². The van der Waals surface area contributed by atoms with Crippen LogP contribution in [0.5, 0.6) is 5.75 Å². The van der Waals surface area contributed by atoms with Crippen molar-refractivity contribution in [2.24, 2.45) is 5.84 Å². The third kappa shape index (κ3) is 3.35. The summed E-state index contributed by atoms with van der Waals surface area (Å²) < 4.78 is 41.0. The van der Waals surface area contributed by atoms with Gasteiger partial charge in [0.2, 0.25) is 0 Å². The van der Waals surface area contributed by atoms with Crippen LogP contribution in [0.25, 0.3) is 22.2 Å². The Hall–Kier alpha value is -2.80. The molecule has 1 aromatic heterocycles. The maximum absolute atomic E-state index is 12.4. The van der Waals surface area contributed by atoms with E-state index < -0.39 is 6.36 Å². The van der Waals surface area contributed by atoms with Crippen molar-refractivity contribution in [1.29, 1.82) is 0 Å². The van der Waals surface area contributed by atoms with Crippen molar-refractivity contribution in [2.45, 2.75) is 6.36 Å². The lowest BCUT2D eigenvalue weighted by molar-refractivity contribution is -0.274. The summed E-state index contributed by atoms with van der Waals surface area (Å²) in [4.78, 5) is 4.40. The van der Waals surface area contributed by atoms with Crippen molar-refractivity contribution in [3.05, 3.63) is 54.6 Å². The summed E-state index contributed by atoms with van der Waals surface area (Å²) in [6, 6.07) is 14.9. The van der Waals surface area contributed by atoms with Gasteiger partial charge >= 0.3 is 6.36 Å². The summed E-state index contributed by atoms with van der Waals surface area (Å²) >= 11 is 0. The summed E-state index contributed by atoms with van der Waals surface area (Å²) in [6.07, 6.45) is -4.75. The topological polar surface area (TPSA) is 60.2 Å². The molecule has 0 spiro atoms. The Morgan fingerprint density at radius 1 is 1.00 bits per heavy atom. The Balaban J connectivity index is 2.14. The zero-order valence-electron chi connectivity index (χ0n) is 11.8. The van der Waals surface area contributed by atoms with E-state index in [9.17, 15) is 13.2 Å². The van der Waals surface area contributed by atoms with Crippen LogP contribution < -0.4 is 16.0 Å². The highest BCUT2D eigenvalue weighted by molar-refractivity contribution is 5.94. The largest absolute Gasteiger partial charge is 0.573 e. The van der Waals surface area contributed by atoms with E-state index in [4.69, 9.17) is 5.84 Å². The molecule has 0 radical (unpaired) electrons. The first-order valence-corrected chi connectivity index (χ1v) is 6.69. The monoisotopic (exact) mass is 319 g/mol. The molecule has 0 atom stereocenters. The molecule has 3 N–H and O–H groups in total. The maximum atomic E-state index is 12.4. The number of fused-ring (bicyclic) bond motifs is 1. The molecular formula is C16H12F3N3O. The third-order valence-electron chi connectivity index (χ3n) is 3.24. The van der Waals surface area contributed by atoms with E-state index in [0.717, 1.165) is 5.56 Å². The highest BCUT2D eigenvalue weighted by Crippen LogP contribution is 2.31. The minimum absolute atomic E-state index is 0.328. The highest BCUT2D eigenvalue weighted by atomic mass is 19.4. The van der Waals surface area contributed by atoms with Crippen molar-refractivity contribution in [1.82, 2.24) is 4.98 Å². The number of aromatic nitrogens is 1. The second kappa shape index (κ2) is 5.77. The first-order valence-electron chi connectivity index (χ1n) is 6.69. The number of alkyl halides is 3. The van der Waals surface area contributed by atoms with Crippen molar-refractivity contribution >= 4 is 16.6 Å². The van der Waals surface area contributed by atoms with Crippen LogP contribution in [-0.2, 0) is 0 Å². The van der Waals surface area contributed by atoms with Crippen LogP contribution in [0.1, 0.15) is 0 Å². The Bertz CT molecular complexity index is 835. The number of nitrogens with two attached hydrogens (primary N) is 1. The molecule has 0 aliphatic carbocycles. The SMILES string of the molecule is NNc1cc(-c2ccccc2)nc2cc(OC(F)(F)F)ccc12. The van der Waals surface area contributed by atoms with Gasteiger partial charge in [-0.2, -0.15) is 0 Å². The molecule has 0 fully saturated rings. The first kappa shape index (κ1) is 15.1. The van der Waals surface area contributed by atoms with E-state index in [0.29, 0.717) is 22.3 Å². The smallest absolute Gasteiger partial charge is 0.406 e. The fourth-order valence-corrected chi connectivity index (χ4v) is 2.28. The van der Waals surface area contributed by atoms with Crippen LogP contribution in [0.15, 0.2) is 54.6 Å². The van der Waals surface area contributed by atoms with E-state index >= 15 is 0 Å². The maximum Gasteiger partial charge on any atom is 0.573 e. The van der Waals surface area contributed by atoms with Gasteiger partial charge in [0.15, 0.2) is 0 Å². The lowest BCUT2D eigenvalue weighted by Crippen LogP contribution is -2.17. The molecule has 0 saturated heterocycles. The van der Waals surface area contributed by atoms with Crippen LogP contribution in [0.3, 0.4) is 0 Å². The summed E-state index contributed by atoms with van der Waals surface area (Å²) in [5, 5.41) is 0.599. The van der Waals surface area contributed by atoms with Crippen LogP contribution in [-0.4, -0.2) is 11.3 Å². The van der Waals surface area contributed by atoms with Crippen molar-refractivity contribution in [3.63, 3.8) is 0 Å². The molecule has 4 nitrogen and oxygen atoms in total. The molecule has 7 heteroatoms. The van der Waals surface area contributed by atoms with Gasteiger partial charge in [-0.05, 0) is 18.2 Å². The molecule has 0 unspecified atom stereocenters. The van der Waals surface area contributed by atoms with Gasteiger partial charge in [0, 0.05) is 17.0 Å². The first-order chi connectivity index (χ1) is 11.0. The van der Waals surface area contributed by atoms with Crippen molar-refractivity contribution < 1.29 is 17.9 Å². The minimum Gasteiger partial charge on any atom is -0.406 e. The highest BCUT2D eigenvalue weighted by Gasteiger charge is 2.31. The second-order valence-electron chi connectivity index (χ2n) is 4.79. The number of anilines is 1. The number of ether oxygens (including phenoxy) is 1. The Kier molecular flexibility index (Phi) is 3.79. The number of nitrogens with zero attached hydrogens (tertiary/aromatic N) is 1. The minimum atomic E-state index is -4.75. The van der Waals surface area contributed by atoms with E-state index in [1.165, 1.54) is 18.2 Å². The quantitative estimate of drug-likeness (QED) is 0.564. The average Bonchev–Trinajstić information content (AvgIpc) is 2.52. The van der Waals surface area contributed by atoms with Crippen LogP contribution in [0.2, 0.25) is 0 Å². The lowest BCUT2D eigenvalue weighted by Gasteiger charge is -2.12. The molecule has 0 aliphatic heterocycles. The molecular weight excluding hydrogens is 307 g/mol. The van der Waals surface area contributed by atoms with Gasteiger partial charge in [0.1, 0.15) is 5.75 Å². The number of nitrogens with one attached hydrogen (secondary N) is 1. The number of benzene rings is 2. The number of hydrogen-bond donors (Lipinski definition) is 2. The van der Waals surface area contributed by atoms with Crippen molar-refractivity contribution in [2.75, 3.05) is 5.43 Å². The summed E-state index contributed by atoms with van der Waals surface area (Å²) in [5.74, 6) is 5.19. The average molecular weight is 319 g/mol. The summed E-state index contributed by atoms with van der Waals surface area (Å²) in [5.41, 5.74) is 4.88. The van der Waals surface area contributed by atoms with Gasteiger partial charge in [0.25, 0.3) is 0 Å². The fraction of sp³-hybridized carbons (Fsp3) is 0.0625. The van der Waals surface area contributed by atoms with Crippen molar-refractivity contribution in [3.8, 4) is 17.0 Å². The van der Waals surface area contributed by atoms with Crippen LogP contribution >= 0.6 is 0 Å². The zero-order chi connectivity index (χ0) is 16.4. The third-order valence-corrected chi connectivity index (χ3v) is 3.24. The molecule has 0 saturated carbocycles. The van der Waals surface area contributed by atoms with E-state index in [2.05, 4.69) is 15.1 Å². The predicted molar refractivity (Wildman–Crippen MR) is 81.7 cm³/mol. The predicted octanol–water partition coefficient (Wildman–Crippen LogP) is 4.09. The second-order valence-corrected chi connectivity index (χ2v) is 4.79. The lowest BCUT2D eigenvalue weighted by atomic mass is 10.1. The van der Waals surface area contributed by atoms with Gasteiger partial charge in [-0.1, -0.05) is 30.3 Å². The molecule has 23 heavy (non-hydrogen) atoms. The number of nitrogen functional groups attached to an aromatic ring is 1. The number of rotatable bonds is 3. The van der Waals surface area contributed by atoms with Gasteiger partial charge in [-0.3, -0.25) is 5.84 Å². The number of pyridine rings is 1. The van der Waals surface area contributed by atoms with Gasteiger partial charge in [-0.25, -0.2) is 4.98 Å². The summed E-state index contributed by atoms with van der Waals surface area (Å²) in [7, 11) is 0. The summed E-state index contributed by atoms with van der Waals surface area (Å²) in [6.45, 7) is 0. The van der Waals surface area contributed by atoms with Gasteiger partial charge in [0.05, 0.1) is 16.9 Å². The molecule has 3 aromatic rings. The van der Waals surface area contributed by atoms with Gasteiger partial charge in [-0.15, -0.1) is 13.2 Å². The van der Waals surface area contributed by atoms with E-state index in [1.807, 2.05) is 30.3 Å². The van der Waals surface area contributed by atoms with Crippen LogP contribution in [0, 0.1) is 0 Å². The Morgan fingerprint density at radius 2 is 1.74 bits per heavy atom. The molecule has 1 heterocycles. The molecule has 118 valence electrons. The molecule has 0 amide bonds. The fourth-order valence-electron chi connectivity index (χ4n) is 2.28. The zero-order valence-corrected chi connectivity index (χ0v) is 11.8. The number of halogens is 3. The Morgan fingerprint density at radius 3 is 2.39 bits per heavy atom. The van der Waals surface area contributed by atoms with Crippen LogP contribution in [0.4, 0.5) is 18.9 Å². The standard InChI is InChI=1S/C16H12F3N3O/c17-16(18,19)23-11-6-7-12-14(8-11)21-13(9-15(12)22-20)10-4-2-1-3-5-10/h1-9H,20H2,(H,21,22). The molecule has 3 rings (SSSR count). The number of hydrogen-bond acceptors (Lipinski definition) is 4. The number of hydrazine groups is 1.